The van der Waals surface area contributed by atoms with Gasteiger partial charge in [0.15, 0.2) is 0 Å². The summed E-state index contributed by atoms with van der Waals surface area (Å²) in [6.07, 6.45) is 2.16. The van der Waals surface area contributed by atoms with Crippen LogP contribution in [0.2, 0.25) is 0 Å². The lowest BCUT2D eigenvalue weighted by Gasteiger charge is -2.34. The molecule has 0 saturated carbocycles. The largest absolute Gasteiger partial charge is 0.481 e. The number of likely N-dealkylation sites (tertiary alicyclic amines) is 1. The average Bonchev–Trinajstić information content (AvgIpc) is 2.86. The number of carbonyl (C=O) groups excluding carboxylic acids is 1. The van der Waals surface area contributed by atoms with Crippen LogP contribution < -0.4 is 5.32 Å². The van der Waals surface area contributed by atoms with E-state index in [1.54, 1.807) is 11.0 Å². The zero-order valence-corrected chi connectivity index (χ0v) is 13.4. The zero-order chi connectivity index (χ0) is 16.5. The lowest BCUT2D eigenvalue weighted by molar-refractivity contribution is -0.143. The number of aromatic nitrogens is 3. The van der Waals surface area contributed by atoms with Crippen molar-refractivity contribution in [3.05, 3.63) is 6.33 Å². The fourth-order valence-corrected chi connectivity index (χ4v) is 2.51. The number of carboxylic acid groups (broad SMARTS) is 1. The first-order valence-corrected chi connectivity index (χ1v) is 7.37. The number of nitrogens with zero attached hydrogens (tertiary/aromatic N) is 4. The fraction of sp³-hybridized carbons (Fsp3) is 0.714. The van der Waals surface area contributed by atoms with Gasteiger partial charge in [-0.15, -0.1) is 5.10 Å². The second-order valence-electron chi connectivity index (χ2n) is 6.89. The highest BCUT2D eigenvalue weighted by atomic mass is 16.4. The molecular weight excluding hydrogens is 286 g/mol. The molecule has 2 amide bonds. The van der Waals surface area contributed by atoms with Crippen molar-refractivity contribution in [2.45, 2.75) is 39.7 Å². The number of anilines is 1. The number of carbonyl (C=O) groups is 2. The molecule has 2 atom stereocenters. The topological polar surface area (TPSA) is 100 Å². The molecule has 2 N–H and O–H groups in total. The van der Waals surface area contributed by atoms with Crippen LogP contribution >= 0.6 is 0 Å². The maximum atomic E-state index is 12.3. The van der Waals surface area contributed by atoms with E-state index in [0.29, 0.717) is 13.0 Å². The van der Waals surface area contributed by atoms with Gasteiger partial charge in [-0.05, 0) is 33.1 Å². The lowest BCUT2D eigenvalue weighted by atomic mass is 9.91. The molecule has 1 saturated heterocycles. The third-order valence-corrected chi connectivity index (χ3v) is 3.69. The maximum Gasteiger partial charge on any atom is 0.324 e. The Bertz CT molecular complexity index is 563. The molecule has 122 valence electrons. The first kappa shape index (κ1) is 16.3. The van der Waals surface area contributed by atoms with Crippen LogP contribution in [0.4, 0.5) is 10.7 Å². The van der Waals surface area contributed by atoms with Crippen molar-refractivity contribution >= 4 is 17.9 Å². The van der Waals surface area contributed by atoms with Gasteiger partial charge in [0.05, 0.1) is 11.5 Å². The molecule has 1 aromatic rings. The van der Waals surface area contributed by atoms with E-state index >= 15 is 0 Å². The van der Waals surface area contributed by atoms with Gasteiger partial charge < -0.3 is 10.0 Å². The van der Waals surface area contributed by atoms with Gasteiger partial charge in [-0.1, -0.05) is 6.92 Å². The number of aliphatic carboxylic acids is 1. The van der Waals surface area contributed by atoms with Crippen molar-refractivity contribution in [2.24, 2.45) is 11.8 Å². The summed E-state index contributed by atoms with van der Waals surface area (Å²) in [5.41, 5.74) is -0.218. The first-order valence-electron chi connectivity index (χ1n) is 7.37. The molecule has 22 heavy (non-hydrogen) atoms. The van der Waals surface area contributed by atoms with E-state index < -0.39 is 11.9 Å². The van der Waals surface area contributed by atoms with Gasteiger partial charge in [0.25, 0.3) is 0 Å². The van der Waals surface area contributed by atoms with E-state index in [1.807, 2.05) is 27.7 Å². The number of urea groups is 1. The van der Waals surface area contributed by atoms with E-state index in [4.69, 9.17) is 5.11 Å². The molecule has 0 bridgehead atoms. The molecule has 0 aromatic carbocycles. The quantitative estimate of drug-likeness (QED) is 0.864. The Balaban J connectivity index is 2.02. The normalized spacial score (nSPS) is 22.5. The lowest BCUT2D eigenvalue weighted by Crippen LogP contribution is -2.47. The van der Waals surface area contributed by atoms with Gasteiger partial charge in [0.2, 0.25) is 5.95 Å². The minimum atomic E-state index is -0.862. The number of rotatable bonds is 2. The number of hydrogen-bond acceptors (Lipinski definition) is 4. The molecule has 2 rings (SSSR count). The number of piperidine rings is 1. The van der Waals surface area contributed by atoms with Gasteiger partial charge in [0.1, 0.15) is 6.33 Å². The highest BCUT2D eigenvalue weighted by molar-refractivity contribution is 5.88. The summed E-state index contributed by atoms with van der Waals surface area (Å²) in [7, 11) is 0. The molecule has 0 radical (unpaired) electrons. The second-order valence-corrected chi connectivity index (χ2v) is 6.89. The third kappa shape index (κ3) is 3.75. The van der Waals surface area contributed by atoms with Crippen molar-refractivity contribution in [1.82, 2.24) is 19.7 Å². The first-order chi connectivity index (χ1) is 10.2. The predicted octanol–water partition coefficient (Wildman–Crippen LogP) is 1.61. The number of hydrogen-bond donors (Lipinski definition) is 2. The monoisotopic (exact) mass is 309 g/mol. The summed E-state index contributed by atoms with van der Waals surface area (Å²) in [5, 5.41) is 16.0. The summed E-state index contributed by atoms with van der Waals surface area (Å²) in [6, 6.07) is -0.357. The predicted molar refractivity (Wildman–Crippen MR) is 80.5 cm³/mol. The van der Waals surface area contributed by atoms with Gasteiger partial charge in [-0.3, -0.25) is 10.1 Å². The molecule has 8 heteroatoms. The van der Waals surface area contributed by atoms with Gasteiger partial charge in [-0.25, -0.2) is 14.5 Å². The van der Waals surface area contributed by atoms with Crippen molar-refractivity contribution < 1.29 is 14.7 Å². The smallest absolute Gasteiger partial charge is 0.324 e. The Morgan fingerprint density at radius 1 is 1.36 bits per heavy atom. The van der Waals surface area contributed by atoms with Crippen LogP contribution in [0.1, 0.15) is 34.1 Å². The average molecular weight is 309 g/mol. The van der Waals surface area contributed by atoms with Crippen molar-refractivity contribution in [3.63, 3.8) is 0 Å². The Labute approximate surface area is 129 Å². The molecule has 2 heterocycles. The van der Waals surface area contributed by atoms with Crippen LogP contribution in [-0.4, -0.2) is 49.9 Å². The summed E-state index contributed by atoms with van der Waals surface area (Å²) < 4.78 is 1.67. The Kier molecular flexibility index (Phi) is 4.39. The van der Waals surface area contributed by atoms with E-state index in [1.165, 1.54) is 4.90 Å². The minimum absolute atomic E-state index is 0.153. The number of nitrogens with one attached hydrogen (secondary N) is 1. The van der Waals surface area contributed by atoms with Crippen molar-refractivity contribution in [2.75, 3.05) is 18.4 Å². The van der Waals surface area contributed by atoms with Gasteiger partial charge in [-0.2, -0.15) is 0 Å². The second kappa shape index (κ2) is 5.94. The van der Waals surface area contributed by atoms with E-state index in [0.717, 1.165) is 0 Å². The van der Waals surface area contributed by atoms with Gasteiger partial charge >= 0.3 is 12.0 Å². The Hall–Kier alpha value is -2.12. The summed E-state index contributed by atoms with van der Waals surface area (Å²) in [5.74, 6) is -1.00. The van der Waals surface area contributed by atoms with Crippen molar-refractivity contribution in [3.8, 4) is 0 Å². The molecule has 0 spiro atoms. The molecule has 1 aliphatic rings. The minimum Gasteiger partial charge on any atom is -0.481 e. The molecule has 1 fully saturated rings. The molecular formula is C14H23N5O3. The van der Waals surface area contributed by atoms with E-state index in [-0.39, 0.29) is 30.0 Å². The highest BCUT2D eigenvalue weighted by Gasteiger charge is 2.32. The summed E-state index contributed by atoms with van der Waals surface area (Å²) in [4.78, 5) is 29.0. The van der Waals surface area contributed by atoms with Crippen LogP contribution in [0.5, 0.6) is 0 Å². The molecule has 0 aliphatic carbocycles. The molecule has 8 nitrogen and oxygen atoms in total. The standard InChI is InChI=1S/C14H23N5O3/c1-9-5-10(11(20)21)7-18(6-9)13(22)16-12-15-8-19(17-12)14(2,3)4/h8-10H,5-7H2,1-4H3,(H,20,21)(H,16,17,22). The van der Waals surface area contributed by atoms with E-state index in [9.17, 15) is 9.59 Å². The number of carboxylic acids is 1. The zero-order valence-electron chi connectivity index (χ0n) is 13.4. The molecule has 1 aliphatic heterocycles. The molecule has 1 aromatic heterocycles. The van der Waals surface area contributed by atoms with Crippen LogP contribution in [0.25, 0.3) is 0 Å². The van der Waals surface area contributed by atoms with Gasteiger partial charge in [0, 0.05) is 13.1 Å². The van der Waals surface area contributed by atoms with Crippen LogP contribution in [0.15, 0.2) is 6.33 Å². The third-order valence-electron chi connectivity index (χ3n) is 3.69. The maximum absolute atomic E-state index is 12.3. The SMILES string of the molecule is CC1CC(C(=O)O)CN(C(=O)Nc2ncn(C(C)(C)C)n2)C1. The van der Waals surface area contributed by atoms with E-state index in [2.05, 4.69) is 15.4 Å². The van der Waals surface area contributed by atoms with Crippen molar-refractivity contribution in [1.29, 1.82) is 0 Å². The number of amides is 2. The summed E-state index contributed by atoms with van der Waals surface area (Å²) in [6.45, 7) is 8.65. The summed E-state index contributed by atoms with van der Waals surface area (Å²) >= 11 is 0. The van der Waals surface area contributed by atoms with Crippen LogP contribution in [0.3, 0.4) is 0 Å². The fourth-order valence-electron chi connectivity index (χ4n) is 2.51. The highest BCUT2D eigenvalue weighted by Crippen LogP contribution is 2.22. The Morgan fingerprint density at radius 3 is 2.59 bits per heavy atom. The Morgan fingerprint density at radius 2 is 2.05 bits per heavy atom. The molecule has 2 unspecified atom stereocenters. The van der Waals surface area contributed by atoms with Crippen LogP contribution in [-0.2, 0) is 10.3 Å². The van der Waals surface area contributed by atoms with Crippen LogP contribution in [0, 0.1) is 11.8 Å².